The van der Waals surface area contributed by atoms with Gasteiger partial charge in [-0.05, 0) is 43.5 Å². The van der Waals surface area contributed by atoms with Crippen molar-refractivity contribution in [3.63, 3.8) is 0 Å². The van der Waals surface area contributed by atoms with E-state index < -0.39 is 5.97 Å². The Morgan fingerprint density at radius 3 is 2.76 bits per heavy atom. The number of hydrogen-bond donors (Lipinski definition) is 1. The largest absolute Gasteiger partial charge is 0.478 e. The van der Waals surface area contributed by atoms with Gasteiger partial charge in [0.25, 0.3) is 0 Å². The summed E-state index contributed by atoms with van der Waals surface area (Å²) in [5.41, 5.74) is 2.17. The minimum atomic E-state index is -0.912. The molecular formula is C18H27NO2. The fourth-order valence-electron chi connectivity index (χ4n) is 2.27. The van der Waals surface area contributed by atoms with Gasteiger partial charge in [0.05, 0.1) is 0 Å². The molecule has 3 heteroatoms. The highest BCUT2D eigenvalue weighted by atomic mass is 16.4. The van der Waals surface area contributed by atoms with Crippen LogP contribution in [0.1, 0.15) is 51.2 Å². The molecule has 0 aliphatic carbocycles. The van der Waals surface area contributed by atoms with E-state index in [2.05, 4.69) is 37.8 Å². The van der Waals surface area contributed by atoms with Crippen LogP contribution in [0.3, 0.4) is 0 Å². The molecular weight excluding hydrogens is 262 g/mol. The van der Waals surface area contributed by atoms with E-state index in [0.717, 1.165) is 25.1 Å². The van der Waals surface area contributed by atoms with E-state index >= 15 is 0 Å². The van der Waals surface area contributed by atoms with Crippen molar-refractivity contribution in [1.29, 1.82) is 0 Å². The summed E-state index contributed by atoms with van der Waals surface area (Å²) >= 11 is 0. The van der Waals surface area contributed by atoms with Crippen LogP contribution in [0, 0.1) is 0 Å². The van der Waals surface area contributed by atoms with E-state index in [4.69, 9.17) is 5.11 Å². The first kappa shape index (κ1) is 17.4. The van der Waals surface area contributed by atoms with Crippen molar-refractivity contribution < 1.29 is 9.90 Å². The lowest BCUT2D eigenvalue weighted by Crippen LogP contribution is -2.33. The minimum Gasteiger partial charge on any atom is -0.478 e. The van der Waals surface area contributed by atoms with Crippen LogP contribution in [0.15, 0.2) is 30.3 Å². The highest BCUT2D eigenvalue weighted by Gasteiger charge is 2.12. The topological polar surface area (TPSA) is 40.5 Å². The Kier molecular flexibility index (Phi) is 7.76. The third kappa shape index (κ3) is 6.58. The summed E-state index contributed by atoms with van der Waals surface area (Å²) < 4.78 is 0. The van der Waals surface area contributed by atoms with Gasteiger partial charge in [-0.15, -0.1) is 0 Å². The molecule has 0 bridgehead atoms. The molecule has 0 radical (unpaired) electrons. The number of benzene rings is 1. The van der Waals surface area contributed by atoms with E-state index in [1.54, 1.807) is 6.08 Å². The second kappa shape index (κ2) is 9.35. The molecule has 0 saturated heterocycles. The molecule has 0 aromatic heterocycles. The molecule has 0 saturated carbocycles. The second-order valence-electron chi connectivity index (χ2n) is 5.50. The van der Waals surface area contributed by atoms with Crippen LogP contribution in [-0.2, 0) is 11.3 Å². The van der Waals surface area contributed by atoms with Gasteiger partial charge in [0, 0.05) is 18.7 Å². The van der Waals surface area contributed by atoms with Crippen molar-refractivity contribution in [2.24, 2.45) is 0 Å². The SMILES string of the molecule is CCCCN(Cc1cccc(C=CC(=O)O)c1)C(C)CC. The van der Waals surface area contributed by atoms with Crippen LogP contribution in [0.5, 0.6) is 0 Å². The fourth-order valence-corrected chi connectivity index (χ4v) is 2.27. The Bertz CT molecular complexity index is 468. The summed E-state index contributed by atoms with van der Waals surface area (Å²) in [6.45, 7) is 8.73. The van der Waals surface area contributed by atoms with E-state index in [0.29, 0.717) is 6.04 Å². The number of carbonyl (C=O) groups is 1. The average Bonchev–Trinajstić information content (AvgIpc) is 2.49. The van der Waals surface area contributed by atoms with Gasteiger partial charge in [0.2, 0.25) is 0 Å². The molecule has 0 aliphatic heterocycles. The number of carboxylic acid groups (broad SMARTS) is 1. The molecule has 1 rings (SSSR count). The van der Waals surface area contributed by atoms with E-state index in [1.165, 1.54) is 24.5 Å². The summed E-state index contributed by atoms with van der Waals surface area (Å²) in [5.74, 6) is -0.912. The Balaban J connectivity index is 2.78. The van der Waals surface area contributed by atoms with Gasteiger partial charge >= 0.3 is 5.97 Å². The Labute approximate surface area is 128 Å². The van der Waals surface area contributed by atoms with Crippen LogP contribution < -0.4 is 0 Å². The van der Waals surface area contributed by atoms with Crippen molar-refractivity contribution >= 4 is 12.0 Å². The van der Waals surface area contributed by atoms with Crippen LogP contribution in [0.4, 0.5) is 0 Å². The third-order valence-electron chi connectivity index (χ3n) is 3.77. The van der Waals surface area contributed by atoms with E-state index in [9.17, 15) is 4.79 Å². The number of nitrogens with zero attached hydrogens (tertiary/aromatic N) is 1. The molecule has 116 valence electrons. The standard InChI is InChI=1S/C18H27NO2/c1-4-6-12-19(15(3)5-2)14-17-9-7-8-16(13-17)10-11-18(20)21/h7-11,13,15H,4-6,12,14H2,1-3H3,(H,20,21). The molecule has 21 heavy (non-hydrogen) atoms. The van der Waals surface area contributed by atoms with Crippen molar-refractivity contribution in [2.45, 2.75) is 52.6 Å². The first-order valence-electron chi connectivity index (χ1n) is 7.80. The first-order chi connectivity index (χ1) is 10.1. The lowest BCUT2D eigenvalue weighted by molar-refractivity contribution is -0.131. The van der Waals surface area contributed by atoms with Crippen LogP contribution in [0.2, 0.25) is 0 Å². The Morgan fingerprint density at radius 1 is 1.38 bits per heavy atom. The zero-order chi connectivity index (χ0) is 15.7. The zero-order valence-corrected chi connectivity index (χ0v) is 13.4. The minimum absolute atomic E-state index is 0.565. The zero-order valence-electron chi connectivity index (χ0n) is 13.4. The molecule has 1 aromatic carbocycles. The lowest BCUT2D eigenvalue weighted by Gasteiger charge is -2.28. The van der Waals surface area contributed by atoms with Gasteiger partial charge in [0.1, 0.15) is 0 Å². The molecule has 0 spiro atoms. The fraction of sp³-hybridized carbons (Fsp3) is 0.500. The molecule has 0 aliphatic rings. The first-order valence-corrected chi connectivity index (χ1v) is 7.80. The molecule has 1 atom stereocenters. The lowest BCUT2D eigenvalue weighted by atomic mass is 10.1. The Hall–Kier alpha value is -1.61. The number of aliphatic carboxylic acids is 1. The highest BCUT2D eigenvalue weighted by Crippen LogP contribution is 2.14. The smallest absolute Gasteiger partial charge is 0.328 e. The quantitative estimate of drug-likeness (QED) is 0.693. The molecule has 0 amide bonds. The predicted molar refractivity (Wildman–Crippen MR) is 88.2 cm³/mol. The normalized spacial score (nSPS) is 13.0. The van der Waals surface area contributed by atoms with E-state index in [1.807, 2.05) is 12.1 Å². The molecule has 3 nitrogen and oxygen atoms in total. The maximum Gasteiger partial charge on any atom is 0.328 e. The maximum atomic E-state index is 10.6. The van der Waals surface area contributed by atoms with Gasteiger partial charge in [-0.25, -0.2) is 4.79 Å². The summed E-state index contributed by atoms with van der Waals surface area (Å²) in [6, 6.07) is 8.67. The number of unbranched alkanes of at least 4 members (excludes halogenated alkanes) is 1. The monoisotopic (exact) mass is 289 g/mol. The predicted octanol–water partition coefficient (Wildman–Crippen LogP) is 4.19. The molecule has 1 aromatic rings. The van der Waals surface area contributed by atoms with Gasteiger partial charge in [-0.1, -0.05) is 44.5 Å². The Morgan fingerprint density at radius 2 is 2.14 bits per heavy atom. The van der Waals surface area contributed by atoms with Crippen molar-refractivity contribution in [2.75, 3.05) is 6.54 Å². The van der Waals surface area contributed by atoms with Gasteiger partial charge in [-0.3, -0.25) is 4.90 Å². The highest BCUT2D eigenvalue weighted by molar-refractivity contribution is 5.85. The number of carboxylic acids is 1. The summed E-state index contributed by atoms with van der Waals surface area (Å²) in [4.78, 5) is 13.1. The summed E-state index contributed by atoms with van der Waals surface area (Å²) in [7, 11) is 0. The molecule has 1 unspecified atom stereocenters. The third-order valence-corrected chi connectivity index (χ3v) is 3.77. The summed E-state index contributed by atoms with van der Waals surface area (Å²) in [5, 5.41) is 8.70. The second-order valence-corrected chi connectivity index (χ2v) is 5.50. The van der Waals surface area contributed by atoms with Crippen LogP contribution in [-0.4, -0.2) is 28.6 Å². The van der Waals surface area contributed by atoms with Crippen molar-refractivity contribution in [1.82, 2.24) is 4.90 Å². The van der Waals surface area contributed by atoms with Gasteiger partial charge in [0.15, 0.2) is 0 Å². The van der Waals surface area contributed by atoms with Gasteiger partial charge < -0.3 is 5.11 Å². The van der Waals surface area contributed by atoms with Crippen molar-refractivity contribution in [3.8, 4) is 0 Å². The van der Waals surface area contributed by atoms with Crippen molar-refractivity contribution in [3.05, 3.63) is 41.5 Å². The number of rotatable bonds is 9. The summed E-state index contributed by atoms with van der Waals surface area (Å²) in [6.07, 6.45) is 6.38. The molecule has 1 N–H and O–H groups in total. The van der Waals surface area contributed by atoms with Crippen LogP contribution >= 0.6 is 0 Å². The molecule has 0 heterocycles. The van der Waals surface area contributed by atoms with E-state index in [-0.39, 0.29) is 0 Å². The number of hydrogen-bond acceptors (Lipinski definition) is 2. The molecule has 0 fully saturated rings. The average molecular weight is 289 g/mol. The van der Waals surface area contributed by atoms with Crippen LogP contribution in [0.25, 0.3) is 6.08 Å². The maximum absolute atomic E-state index is 10.6. The van der Waals surface area contributed by atoms with Gasteiger partial charge in [-0.2, -0.15) is 0 Å².